The third-order valence-corrected chi connectivity index (χ3v) is 6.18. The molecule has 2 aliphatic rings. The van der Waals surface area contributed by atoms with Crippen LogP contribution < -0.4 is 4.74 Å². The van der Waals surface area contributed by atoms with Crippen LogP contribution in [0.2, 0.25) is 0 Å². The highest BCUT2D eigenvalue weighted by molar-refractivity contribution is 7.89. The molecule has 3 rings (SSSR count). The smallest absolute Gasteiger partial charge is 0.243 e. The summed E-state index contributed by atoms with van der Waals surface area (Å²) >= 11 is 0. The van der Waals surface area contributed by atoms with E-state index in [1.807, 2.05) is 0 Å². The molecule has 22 heavy (non-hydrogen) atoms. The molecule has 0 aromatic heterocycles. The number of rotatable bonds is 4. The average Bonchev–Trinajstić information content (AvgIpc) is 2.52. The first-order chi connectivity index (χ1) is 10.5. The first-order valence-corrected chi connectivity index (χ1v) is 8.74. The fraction of sp³-hybridized carbons (Fsp3) is 0.600. The van der Waals surface area contributed by atoms with Gasteiger partial charge < -0.3 is 14.2 Å². The lowest BCUT2D eigenvalue weighted by atomic mass is 9.86. The van der Waals surface area contributed by atoms with E-state index in [1.165, 1.54) is 11.4 Å². The first-order valence-electron chi connectivity index (χ1n) is 7.30. The van der Waals surface area contributed by atoms with Gasteiger partial charge in [-0.2, -0.15) is 4.31 Å². The van der Waals surface area contributed by atoms with Crippen molar-refractivity contribution in [3.8, 4) is 5.75 Å². The van der Waals surface area contributed by atoms with Gasteiger partial charge in [0, 0.05) is 39.3 Å². The first kappa shape index (κ1) is 15.7. The van der Waals surface area contributed by atoms with Crippen molar-refractivity contribution in [1.29, 1.82) is 0 Å². The molecular formula is C15H21NO5S. The summed E-state index contributed by atoms with van der Waals surface area (Å²) in [6.07, 6.45) is 1.75. The molecule has 2 fully saturated rings. The van der Waals surface area contributed by atoms with Crippen LogP contribution in [0.15, 0.2) is 29.2 Å². The molecule has 0 amide bonds. The van der Waals surface area contributed by atoms with Gasteiger partial charge in [0.25, 0.3) is 0 Å². The predicted molar refractivity (Wildman–Crippen MR) is 80.5 cm³/mol. The van der Waals surface area contributed by atoms with Gasteiger partial charge in [0.15, 0.2) is 0 Å². The van der Waals surface area contributed by atoms with Gasteiger partial charge in [0.1, 0.15) is 5.75 Å². The van der Waals surface area contributed by atoms with E-state index >= 15 is 0 Å². The third-order valence-electron chi connectivity index (χ3n) is 4.39. The molecule has 1 aromatic rings. The number of sulfonamides is 1. The molecule has 0 bridgehead atoms. The van der Waals surface area contributed by atoms with Gasteiger partial charge in [-0.25, -0.2) is 8.42 Å². The number of ether oxygens (including phenoxy) is 3. The Morgan fingerprint density at radius 2 is 2.09 bits per heavy atom. The summed E-state index contributed by atoms with van der Waals surface area (Å²) in [6, 6.07) is 6.53. The van der Waals surface area contributed by atoms with Crippen LogP contribution in [0.1, 0.15) is 12.8 Å². The van der Waals surface area contributed by atoms with E-state index in [9.17, 15) is 8.42 Å². The molecule has 6 nitrogen and oxygen atoms in total. The topological polar surface area (TPSA) is 65.1 Å². The fourth-order valence-electron chi connectivity index (χ4n) is 3.08. The minimum absolute atomic E-state index is 0.149. The molecular weight excluding hydrogens is 306 g/mol. The molecule has 2 saturated heterocycles. The molecule has 0 radical (unpaired) electrons. The lowest BCUT2D eigenvalue weighted by Gasteiger charge is -2.51. The van der Waals surface area contributed by atoms with Gasteiger partial charge in [-0.05, 0) is 18.6 Å². The molecule has 122 valence electrons. The Balaban J connectivity index is 1.73. The van der Waals surface area contributed by atoms with Gasteiger partial charge in [-0.1, -0.05) is 6.07 Å². The highest BCUT2D eigenvalue weighted by Crippen LogP contribution is 2.38. The Morgan fingerprint density at radius 1 is 1.32 bits per heavy atom. The van der Waals surface area contributed by atoms with Crippen molar-refractivity contribution in [2.24, 2.45) is 0 Å². The Kier molecular flexibility index (Phi) is 4.15. The predicted octanol–water partition coefficient (Wildman–Crippen LogP) is 1.26. The SMILES string of the molecule is COc1cccc(S(=O)(=O)N2CC3(C[C@@H](OC)CCO3)C2)c1. The highest BCUT2D eigenvalue weighted by Gasteiger charge is 2.52. The Bertz CT molecular complexity index is 639. The van der Waals surface area contributed by atoms with Crippen LogP contribution in [-0.4, -0.2) is 58.3 Å². The van der Waals surface area contributed by atoms with Crippen LogP contribution in [0.25, 0.3) is 0 Å². The van der Waals surface area contributed by atoms with E-state index in [1.54, 1.807) is 31.4 Å². The number of hydrogen-bond donors (Lipinski definition) is 0. The molecule has 0 N–H and O–H groups in total. The van der Waals surface area contributed by atoms with Crippen molar-refractivity contribution >= 4 is 10.0 Å². The van der Waals surface area contributed by atoms with Crippen LogP contribution in [0.4, 0.5) is 0 Å². The molecule has 2 aliphatic heterocycles. The molecule has 0 saturated carbocycles. The van der Waals surface area contributed by atoms with E-state index < -0.39 is 10.0 Å². The third kappa shape index (κ3) is 2.74. The molecule has 1 atom stereocenters. The van der Waals surface area contributed by atoms with Gasteiger partial charge >= 0.3 is 0 Å². The number of methoxy groups -OCH3 is 2. The zero-order valence-corrected chi connectivity index (χ0v) is 13.6. The monoisotopic (exact) mass is 327 g/mol. The van der Waals surface area contributed by atoms with Crippen LogP contribution in [0.5, 0.6) is 5.75 Å². The second-order valence-electron chi connectivity index (χ2n) is 5.83. The van der Waals surface area contributed by atoms with E-state index in [0.717, 1.165) is 12.8 Å². The summed E-state index contributed by atoms with van der Waals surface area (Å²) < 4.78 is 43.1. The van der Waals surface area contributed by atoms with Crippen molar-refractivity contribution in [3.05, 3.63) is 24.3 Å². The molecule has 1 spiro atoms. The summed E-state index contributed by atoms with van der Waals surface area (Å²) in [4.78, 5) is 0.251. The number of benzene rings is 1. The van der Waals surface area contributed by atoms with Crippen molar-refractivity contribution in [3.63, 3.8) is 0 Å². The second kappa shape index (κ2) is 5.81. The Hall–Kier alpha value is -1.15. The van der Waals surface area contributed by atoms with Gasteiger partial charge in [0.05, 0.1) is 23.7 Å². The van der Waals surface area contributed by atoms with Gasteiger partial charge in [0.2, 0.25) is 10.0 Å². The minimum Gasteiger partial charge on any atom is -0.497 e. The normalized spacial score (nSPS) is 24.9. The second-order valence-corrected chi connectivity index (χ2v) is 7.77. The lowest BCUT2D eigenvalue weighted by Crippen LogP contribution is -2.67. The number of nitrogens with zero attached hydrogens (tertiary/aromatic N) is 1. The van der Waals surface area contributed by atoms with Gasteiger partial charge in [-0.3, -0.25) is 0 Å². The Morgan fingerprint density at radius 3 is 2.77 bits per heavy atom. The molecule has 2 heterocycles. The van der Waals surface area contributed by atoms with Gasteiger partial charge in [-0.15, -0.1) is 0 Å². The number of hydrogen-bond acceptors (Lipinski definition) is 5. The summed E-state index contributed by atoms with van der Waals surface area (Å²) in [6.45, 7) is 1.38. The maximum atomic E-state index is 12.6. The maximum absolute atomic E-state index is 12.6. The largest absolute Gasteiger partial charge is 0.497 e. The summed E-state index contributed by atoms with van der Waals surface area (Å²) in [5.41, 5.74) is -0.384. The van der Waals surface area contributed by atoms with Crippen molar-refractivity contribution < 1.29 is 22.6 Å². The van der Waals surface area contributed by atoms with Crippen LogP contribution in [0, 0.1) is 0 Å². The van der Waals surface area contributed by atoms with E-state index in [2.05, 4.69) is 0 Å². The lowest BCUT2D eigenvalue weighted by molar-refractivity contribution is -0.173. The molecule has 7 heteroatoms. The zero-order valence-electron chi connectivity index (χ0n) is 12.8. The van der Waals surface area contributed by atoms with Crippen LogP contribution in [-0.2, 0) is 19.5 Å². The molecule has 0 aliphatic carbocycles. The van der Waals surface area contributed by atoms with Crippen LogP contribution >= 0.6 is 0 Å². The standard InChI is InChI=1S/C15H21NO5S/c1-19-12-4-3-5-14(8-12)22(17,18)16-10-15(11-16)9-13(20-2)6-7-21-15/h3-5,8,13H,6-7,9-11H2,1-2H3/t13-/m0/s1. The summed E-state index contributed by atoms with van der Waals surface area (Å²) in [7, 11) is -0.295. The fourth-order valence-corrected chi connectivity index (χ4v) is 4.71. The minimum atomic E-state index is -3.50. The Labute approximate surface area is 131 Å². The van der Waals surface area contributed by atoms with Crippen molar-refractivity contribution in [2.45, 2.75) is 29.4 Å². The van der Waals surface area contributed by atoms with Crippen LogP contribution in [0.3, 0.4) is 0 Å². The molecule has 1 aromatic carbocycles. The quantitative estimate of drug-likeness (QED) is 0.833. The van der Waals surface area contributed by atoms with Crippen molar-refractivity contribution in [2.75, 3.05) is 33.9 Å². The summed E-state index contributed by atoms with van der Waals surface area (Å²) in [5.74, 6) is 0.532. The van der Waals surface area contributed by atoms with E-state index in [-0.39, 0.29) is 16.6 Å². The van der Waals surface area contributed by atoms with E-state index in [4.69, 9.17) is 14.2 Å². The van der Waals surface area contributed by atoms with E-state index in [0.29, 0.717) is 25.4 Å². The summed E-state index contributed by atoms with van der Waals surface area (Å²) in [5, 5.41) is 0. The zero-order chi connectivity index (χ0) is 15.8. The highest BCUT2D eigenvalue weighted by atomic mass is 32.2. The molecule has 0 unspecified atom stereocenters. The maximum Gasteiger partial charge on any atom is 0.243 e. The van der Waals surface area contributed by atoms with Crippen molar-refractivity contribution in [1.82, 2.24) is 4.31 Å². The average molecular weight is 327 g/mol.